The van der Waals surface area contributed by atoms with E-state index in [-0.39, 0.29) is 18.9 Å². The van der Waals surface area contributed by atoms with Crippen molar-refractivity contribution < 1.29 is 24.6 Å². The van der Waals surface area contributed by atoms with Gasteiger partial charge in [-0.1, -0.05) is 23.5 Å². The van der Waals surface area contributed by atoms with Gasteiger partial charge in [-0.2, -0.15) is 0 Å². The number of thiazole rings is 1. The summed E-state index contributed by atoms with van der Waals surface area (Å²) in [4.78, 5) is 19.2. The monoisotopic (exact) mass is 506 g/mol. The maximum atomic E-state index is 11.3. The summed E-state index contributed by atoms with van der Waals surface area (Å²) in [5, 5.41) is 30.6. The molecule has 0 saturated carbocycles. The lowest BCUT2D eigenvalue weighted by atomic mass is 10.1. The lowest BCUT2D eigenvalue weighted by Gasteiger charge is -2.19. The Kier molecular flexibility index (Phi) is 9.48. The number of anilines is 1. The van der Waals surface area contributed by atoms with E-state index < -0.39 is 4.92 Å². The van der Waals surface area contributed by atoms with Crippen molar-refractivity contribution in [1.82, 2.24) is 9.88 Å². The largest absolute Gasteiger partial charge is 0.493 e. The molecular weight excluding hydrogens is 480 g/mol. The fourth-order valence-corrected chi connectivity index (χ4v) is 4.96. The molecule has 3 rings (SSSR count). The third-order valence-electron chi connectivity index (χ3n) is 4.84. The van der Waals surface area contributed by atoms with Crippen LogP contribution >= 0.6 is 23.3 Å². The van der Waals surface area contributed by atoms with E-state index in [9.17, 15) is 20.3 Å². The van der Waals surface area contributed by atoms with Crippen LogP contribution < -0.4 is 14.2 Å². The summed E-state index contributed by atoms with van der Waals surface area (Å²) in [5.41, 5.74) is 1.22. The Morgan fingerprint density at radius 2 is 1.85 bits per heavy atom. The number of non-ortho nitro benzene ring substituents is 1. The molecule has 0 radical (unpaired) electrons. The molecule has 3 aromatic rings. The van der Waals surface area contributed by atoms with Crippen LogP contribution in [0.2, 0.25) is 0 Å². The van der Waals surface area contributed by atoms with Crippen molar-refractivity contribution in [3.63, 3.8) is 0 Å². The molecule has 0 aliphatic rings. The molecule has 0 saturated heterocycles. The zero-order valence-electron chi connectivity index (χ0n) is 18.8. The van der Waals surface area contributed by atoms with Crippen LogP contribution in [0.3, 0.4) is 0 Å². The van der Waals surface area contributed by atoms with Crippen LogP contribution in [0.25, 0.3) is 11.3 Å². The molecule has 0 amide bonds. The van der Waals surface area contributed by atoms with E-state index in [0.29, 0.717) is 47.5 Å². The lowest BCUT2D eigenvalue weighted by molar-refractivity contribution is -0.384. The maximum absolute atomic E-state index is 11.3. The number of ether oxygens (including phenoxy) is 2. The quantitative estimate of drug-likeness (QED) is 0.179. The highest BCUT2D eigenvalue weighted by molar-refractivity contribution is 8.00. The van der Waals surface area contributed by atoms with E-state index in [2.05, 4.69) is 4.72 Å². The maximum Gasteiger partial charge on any atom is 0.270 e. The van der Waals surface area contributed by atoms with Crippen LogP contribution in [0.5, 0.6) is 11.5 Å². The molecule has 12 heteroatoms. The highest BCUT2D eigenvalue weighted by atomic mass is 32.2. The third-order valence-corrected chi connectivity index (χ3v) is 6.71. The van der Waals surface area contributed by atoms with Crippen LogP contribution in [-0.4, -0.2) is 65.5 Å². The van der Waals surface area contributed by atoms with Crippen LogP contribution in [-0.2, 0) is 6.54 Å². The minimum atomic E-state index is -0.439. The Labute approximate surface area is 205 Å². The molecule has 0 atom stereocenters. The summed E-state index contributed by atoms with van der Waals surface area (Å²) in [5.74, 6) is 1.24. The van der Waals surface area contributed by atoms with Gasteiger partial charge in [-0.15, -0.1) is 0 Å². The van der Waals surface area contributed by atoms with E-state index in [1.54, 1.807) is 26.4 Å². The molecule has 10 nitrogen and oxygen atoms in total. The summed E-state index contributed by atoms with van der Waals surface area (Å²) in [6.45, 7) is 1.10. The summed E-state index contributed by atoms with van der Waals surface area (Å²) in [6.07, 6.45) is 0. The number of aliphatic hydroxyl groups is 2. The molecule has 34 heavy (non-hydrogen) atoms. The van der Waals surface area contributed by atoms with Gasteiger partial charge in [0.1, 0.15) is 0 Å². The van der Waals surface area contributed by atoms with E-state index in [1.165, 1.54) is 35.4 Å². The smallest absolute Gasteiger partial charge is 0.270 e. The highest BCUT2D eigenvalue weighted by Crippen LogP contribution is 2.37. The highest BCUT2D eigenvalue weighted by Gasteiger charge is 2.18. The van der Waals surface area contributed by atoms with Gasteiger partial charge in [0.05, 0.1) is 38.1 Å². The summed E-state index contributed by atoms with van der Waals surface area (Å²) in [6, 6.07) is 11.9. The van der Waals surface area contributed by atoms with Crippen molar-refractivity contribution in [1.29, 1.82) is 0 Å². The second-order valence-electron chi connectivity index (χ2n) is 7.04. The average molecular weight is 507 g/mol. The first-order chi connectivity index (χ1) is 16.5. The molecule has 3 N–H and O–H groups in total. The zero-order valence-corrected chi connectivity index (χ0v) is 20.4. The fraction of sp³-hybridized carbons (Fsp3) is 0.318. The number of rotatable bonds is 13. The van der Waals surface area contributed by atoms with E-state index >= 15 is 0 Å². The first-order valence-electron chi connectivity index (χ1n) is 10.3. The Bertz CT molecular complexity index is 1100. The molecule has 0 fully saturated rings. The van der Waals surface area contributed by atoms with Crippen molar-refractivity contribution in [3.05, 3.63) is 57.5 Å². The standard InChI is InChI=1S/C22H26N4O6S2/c1-31-18-7-6-17(13-19(18)32-2)34-24-22-23-21(15-4-3-5-16(12-15)26(29)30)20(33-22)14-25(8-10-27)9-11-28/h3-7,12-13,27-28H,8-11,14H2,1-2H3,(H,23,24). The number of methoxy groups -OCH3 is 2. The Hall–Kier alpha value is -2.90. The van der Waals surface area contributed by atoms with Crippen molar-refractivity contribution >= 4 is 34.1 Å². The first kappa shape index (κ1) is 25.7. The molecule has 0 unspecified atom stereocenters. The van der Waals surface area contributed by atoms with Crippen molar-refractivity contribution in [2.75, 3.05) is 45.2 Å². The number of benzene rings is 2. The number of hydrogen-bond acceptors (Lipinski definition) is 11. The Morgan fingerprint density at radius 1 is 1.12 bits per heavy atom. The van der Waals surface area contributed by atoms with Crippen LogP contribution in [0.1, 0.15) is 4.88 Å². The lowest BCUT2D eigenvalue weighted by Crippen LogP contribution is -2.29. The van der Waals surface area contributed by atoms with Crippen LogP contribution in [0, 0.1) is 10.1 Å². The minimum Gasteiger partial charge on any atom is -0.493 e. The summed E-state index contributed by atoms with van der Waals surface area (Å²) < 4.78 is 13.9. The average Bonchev–Trinajstić information content (AvgIpc) is 3.25. The molecule has 0 aliphatic carbocycles. The first-order valence-corrected chi connectivity index (χ1v) is 12.0. The van der Waals surface area contributed by atoms with Crippen molar-refractivity contribution in [2.24, 2.45) is 0 Å². The topological polar surface area (TPSA) is 130 Å². The molecule has 2 aromatic carbocycles. The van der Waals surface area contributed by atoms with E-state index in [1.807, 2.05) is 23.1 Å². The van der Waals surface area contributed by atoms with Gasteiger partial charge < -0.3 is 24.4 Å². The third kappa shape index (κ3) is 6.58. The second-order valence-corrected chi connectivity index (χ2v) is 9.01. The van der Waals surface area contributed by atoms with Gasteiger partial charge in [0.2, 0.25) is 0 Å². The molecule has 182 valence electrons. The van der Waals surface area contributed by atoms with Gasteiger partial charge in [-0.25, -0.2) is 4.98 Å². The number of nitro groups is 1. The van der Waals surface area contributed by atoms with Gasteiger partial charge >= 0.3 is 0 Å². The van der Waals surface area contributed by atoms with E-state index in [4.69, 9.17) is 14.5 Å². The zero-order chi connectivity index (χ0) is 24.5. The Balaban J connectivity index is 1.89. The molecule has 0 bridgehead atoms. The van der Waals surface area contributed by atoms with Gasteiger partial charge in [-0.3, -0.25) is 15.0 Å². The van der Waals surface area contributed by atoms with Gasteiger partial charge in [0.15, 0.2) is 16.6 Å². The fourth-order valence-electron chi connectivity index (χ4n) is 3.23. The molecule has 1 aromatic heterocycles. The van der Waals surface area contributed by atoms with Gasteiger partial charge in [-0.05, 0) is 30.1 Å². The number of nitrogens with one attached hydrogen (secondary N) is 1. The number of hydrogen-bond donors (Lipinski definition) is 3. The van der Waals surface area contributed by atoms with E-state index in [0.717, 1.165) is 9.77 Å². The summed E-state index contributed by atoms with van der Waals surface area (Å²) in [7, 11) is 3.15. The Morgan fingerprint density at radius 3 is 2.50 bits per heavy atom. The SMILES string of the molecule is COc1ccc(SNc2nc(-c3cccc([N+](=O)[O-])c3)c(CN(CCO)CCO)s2)cc1OC. The number of nitro benzene ring substituents is 1. The number of aliphatic hydroxyl groups excluding tert-OH is 2. The van der Waals surface area contributed by atoms with Crippen molar-refractivity contribution in [3.8, 4) is 22.8 Å². The number of nitrogens with zero attached hydrogens (tertiary/aromatic N) is 3. The van der Waals surface area contributed by atoms with Crippen LogP contribution in [0.4, 0.5) is 10.8 Å². The normalized spacial score (nSPS) is 11.0. The molecule has 0 aliphatic heterocycles. The molecular formula is C22H26N4O6S2. The summed E-state index contributed by atoms with van der Waals surface area (Å²) >= 11 is 2.76. The second kappa shape index (κ2) is 12.5. The van der Waals surface area contributed by atoms with Gasteiger partial charge in [0, 0.05) is 47.1 Å². The predicted octanol–water partition coefficient (Wildman–Crippen LogP) is 3.64. The molecule has 0 spiro atoms. The van der Waals surface area contributed by atoms with Gasteiger partial charge in [0.25, 0.3) is 5.69 Å². The van der Waals surface area contributed by atoms with Crippen molar-refractivity contribution in [2.45, 2.75) is 11.4 Å². The minimum absolute atomic E-state index is 0.0202. The number of aromatic nitrogens is 1. The molecule has 1 heterocycles. The predicted molar refractivity (Wildman–Crippen MR) is 133 cm³/mol. The van der Waals surface area contributed by atoms with Crippen LogP contribution in [0.15, 0.2) is 47.4 Å².